The number of rotatable bonds is 4. The number of nitrogens with one attached hydrogen (secondary N) is 1. The summed E-state index contributed by atoms with van der Waals surface area (Å²) in [7, 11) is 0. The molecule has 0 aliphatic heterocycles. The second kappa shape index (κ2) is 5.88. The van der Waals surface area contributed by atoms with Crippen molar-refractivity contribution in [2.45, 2.75) is 19.9 Å². The molecule has 0 aliphatic rings. The van der Waals surface area contributed by atoms with Crippen molar-refractivity contribution in [2.24, 2.45) is 0 Å². The van der Waals surface area contributed by atoms with Crippen molar-refractivity contribution in [3.63, 3.8) is 0 Å². The second-order valence-corrected chi connectivity index (χ2v) is 6.09. The number of aryl methyl sites for hydroxylation is 1. The van der Waals surface area contributed by atoms with Crippen molar-refractivity contribution in [2.75, 3.05) is 11.1 Å². The Morgan fingerprint density at radius 3 is 2.94 bits per heavy atom. The molecule has 0 spiro atoms. The predicted molar refractivity (Wildman–Crippen MR) is 84.6 cm³/mol. The minimum atomic E-state index is -0.241. The van der Waals surface area contributed by atoms with E-state index in [9.17, 15) is 4.39 Å². The maximum absolute atomic E-state index is 13.5. The van der Waals surface area contributed by atoms with Gasteiger partial charge >= 0.3 is 0 Å². The van der Waals surface area contributed by atoms with Gasteiger partial charge in [0.15, 0.2) is 0 Å². The zero-order valence-electron chi connectivity index (χ0n) is 9.97. The highest BCUT2D eigenvalue weighted by Gasteiger charge is 2.07. The molecule has 0 saturated heterocycles. The quantitative estimate of drug-likeness (QED) is 0.619. The van der Waals surface area contributed by atoms with Gasteiger partial charge < -0.3 is 11.1 Å². The molecule has 96 valence electrons. The summed E-state index contributed by atoms with van der Waals surface area (Å²) in [6.45, 7) is 2.82. The largest absolute Gasteiger partial charge is 0.397 e. The van der Waals surface area contributed by atoms with Crippen LogP contribution in [0.4, 0.5) is 15.8 Å². The lowest BCUT2D eigenvalue weighted by atomic mass is 10.2. The molecule has 0 unspecified atom stereocenters. The van der Waals surface area contributed by atoms with Gasteiger partial charge in [-0.3, -0.25) is 0 Å². The van der Waals surface area contributed by atoms with Crippen LogP contribution in [0.15, 0.2) is 23.6 Å². The monoisotopic (exact) mass is 376 g/mol. The number of thiophene rings is 1. The topological polar surface area (TPSA) is 38.0 Å². The first kappa shape index (κ1) is 13.6. The lowest BCUT2D eigenvalue weighted by Gasteiger charge is -2.10. The van der Waals surface area contributed by atoms with E-state index in [-0.39, 0.29) is 5.82 Å². The van der Waals surface area contributed by atoms with Crippen molar-refractivity contribution in [3.8, 4) is 0 Å². The van der Waals surface area contributed by atoms with Crippen LogP contribution in [0.3, 0.4) is 0 Å². The molecule has 2 rings (SSSR count). The molecule has 18 heavy (non-hydrogen) atoms. The van der Waals surface area contributed by atoms with Crippen molar-refractivity contribution < 1.29 is 4.39 Å². The smallest absolute Gasteiger partial charge is 0.138 e. The Hall–Kier alpha value is -0.820. The Morgan fingerprint density at radius 1 is 1.44 bits per heavy atom. The lowest BCUT2D eigenvalue weighted by Crippen LogP contribution is -2.04. The Kier molecular flexibility index (Phi) is 4.45. The van der Waals surface area contributed by atoms with Crippen LogP contribution in [0.25, 0.3) is 0 Å². The van der Waals surface area contributed by atoms with Crippen LogP contribution in [-0.4, -0.2) is 0 Å². The molecule has 2 nitrogen and oxygen atoms in total. The molecule has 1 heterocycles. The second-order valence-electron chi connectivity index (χ2n) is 3.93. The third-order valence-electron chi connectivity index (χ3n) is 2.75. The average molecular weight is 376 g/mol. The minimum Gasteiger partial charge on any atom is -0.397 e. The van der Waals surface area contributed by atoms with E-state index in [4.69, 9.17) is 5.73 Å². The van der Waals surface area contributed by atoms with Gasteiger partial charge in [-0.25, -0.2) is 4.39 Å². The summed E-state index contributed by atoms with van der Waals surface area (Å²) in [4.78, 5) is 1.27. The molecule has 5 heteroatoms. The summed E-state index contributed by atoms with van der Waals surface area (Å²) < 4.78 is 14.0. The fraction of sp³-hybridized carbons (Fsp3) is 0.231. The highest BCUT2D eigenvalue weighted by atomic mass is 127. The summed E-state index contributed by atoms with van der Waals surface area (Å²) >= 11 is 3.64. The van der Waals surface area contributed by atoms with E-state index >= 15 is 0 Å². The molecule has 1 aromatic heterocycles. The molecule has 0 atom stereocenters. The van der Waals surface area contributed by atoms with Gasteiger partial charge in [-0.1, -0.05) is 6.92 Å². The number of nitrogen functional groups attached to an aromatic ring is 1. The van der Waals surface area contributed by atoms with Gasteiger partial charge in [0.25, 0.3) is 0 Å². The van der Waals surface area contributed by atoms with E-state index in [0.29, 0.717) is 21.5 Å². The molecule has 0 radical (unpaired) electrons. The van der Waals surface area contributed by atoms with Crippen LogP contribution < -0.4 is 11.1 Å². The van der Waals surface area contributed by atoms with Crippen molar-refractivity contribution in [1.82, 2.24) is 0 Å². The predicted octanol–water partition coefficient (Wildman–Crippen LogP) is 4.25. The fourth-order valence-corrected chi connectivity index (χ4v) is 3.13. The molecular weight excluding hydrogens is 362 g/mol. The zero-order valence-corrected chi connectivity index (χ0v) is 12.9. The van der Waals surface area contributed by atoms with Crippen molar-refractivity contribution >= 4 is 45.3 Å². The van der Waals surface area contributed by atoms with E-state index in [2.05, 4.69) is 23.7 Å². The molecule has 0 saturated carbocycles. The van der Waals surface area contributed by atoms with Crippen LogP contribution in [-0.2, 0) is 13.0 Å². The zero-order chi connectivity index (χ0) is 13.1. The summed E-state index contributed by atoms with van der Waals surface area (Å²) in [5.41, 5.74) is 8.44. The molecule has 3 N–H and O–H groups in total. The van der Waals surface area contributed by atoms with E-state index < -0.39 is 0 Å². The third kappa shape index (κ3) is 2.95. The van der Waals surface area contributed by atoms with Gasteiger partial charge in [0.1, 0.15) is 5.82 Å². The van der Waals surface area contributed by atoms with Crippen molar-refractivity contribution in [1.29, 1.82) is 0 Å². The number of hydrogen-bond acceptors (Lipinski definition) is 3. The maximum atomic E-state index is 13.5. The van der Waals surface area contributed by atoms with E-state index in [1.807, 2.05) is 22.6 Å². The fourth-order valence-electron chi connectivity index (χ4n) is 1.73. The average Bonchev–Trinajstić information content (AvgIpc) is 2.79. The number of hydrogen-bond donors (Lipinski definition) is 2. The first-order chi connectivity index (χ1) is 8.61. The summed E-state index contributed by atoms with van der Waals surface area (Å²) in [5, 5.41) is 5.28. The normalized spacial score (nSPS) is 10.6. The van der Waals surface area contributed by atoms with E-state index in [1.165, 1.54) is 16.5 Å². The van der Waals surface area contributed by atoms with Gasteiger partial charge in [-0.05, 0) is 52.1 Å². The standard InChI is InChI=1S/C13H14FIN2S/c1-2-8-3-4-18-13(8)7-17-12-5-9(14)10(15)6-11(12)16/h3-6,17H,2,7,16H2,1H3. The number of benzene rings is 1. The van der Waals surface area contributed by atoms with Crippen LogP contribution in [0.1, 0.15) is 17.4 Å². The van der Waals surface area contributed by atoms with Gasteiger partial charge in [-0.2, -0.15) is 0 Å². The maximum Gasteiger partial charge on any atom is 0.138 e. The van der Waals surface area contributed by atoms with Gasteiger partial charge in [0.05, 0.1) is 14.9 Å². The lowest BCUT2D eigenvalue weighted by molar-refractivity contribution is 0.621. The van der Waals surface area contributed by atoms with Crippen molar-refractivity contribution in [3.05, 3.63) is 43.4 Å². The SMILES string of the molecule is CCc1ccsc1CNc1cc(F)c(I)cc1N. The Labute approximate surface area is 124 Å². The Morgan fingerprint density at radius 2 is 2.22 bits per heavy atom. The number of anilines is 2. The third-order valence-corrected chi connectivity index (χ3v) is 4.54. The molecule has 0 bridgehead atoms. The van der Waals surface area contributed by atoms with Gasteiger partial charge in [0.2, 0.25) is 0 Å². The molecule has 1 aromatic carbocycles. The van der Waals surface area contributed by atoms with Gasteiger partial charge in [-0.15, -0.1) is 11.3 Å². The summed E-state index contributed by atoms with van der Waals surface area (Å²) in [5.74, 6) is -0.241. The van der Waals surface area contributed by atoms with Gasteiger partial charge in [0, 0.05) is 17.5 Å². The molecule has 0 aliphatic carbocycles. The molecule has 0 fully saturated rings. The molecule has 0 amide bonds. The number of halogens is 2. The highest BCUT2D eigenvalue weighted by molar-refractivity contribution is 14.1. The van der Waals surface area contributed by atoms with E-state index in [0.717, 1.165) is 6.42 Å². The van der Waals surface area contributed by atoms with Crippen LogP contribution in [0.2, 0.25) is 0 Å². The molecule has 2 aromatic rings. The molecular formula is C13H14FIN2S. The van der Waals surface area contributed by atoms with E-state index in [1.54, 1.807) is 17.4 Å². The highest BCUT2D eigenvalue weighted by Crippen LogP contribution is 2.26. The number of nitrogens with two attached hydrogens (primary N) is 1. The Balaban J connectivity index is 2.13. The summed E-state index contributed by atoms with van der Waals surface area (Å²) in [6.07, 6.45) is 1.01. The summed E-state index contributed by atoms with van der Waals surface area (Å²) in [6, 6.07) is 5.23. The first-order valence-electron chi connectivity index (χ1n) is 5.65. The van der Waals surface area contributed by atoms with Crippen LogP contribution >= 0.6 is 33.9 Å². The first-order valence-corrected chi connectivity index (χ1v) is 7.61. The van der Waals surface area contributed by atoms with Crippen LogP contribution in [0.5, 0.6) is 0 Å². The minimum absolute atomic E-state index is 0.241. The van der Waals surface area contributed by atoms with Crippen LogP contribution in [0, 0.1) is 9.39 Å². The Bertz CT molecular complexity index is 554.